The van der Waals surface area contributed by atoms with E-state index in [2.05, 4.69) is 0 Å². The van der Waals surface area contributed by atoms with Gasteiger partial charge >= 0.3 is 0 Å². The average molecular weight is 175 g/mol. The molecule has 0 radical (unpaired) electrons. The van der Waals surface area contributed by atoms with Crippen LogP contribution in [0.15, 0.2) is 12.1 Å². The Balaban J connectivity index is 3.42. The molecule has 0 saturated carbocycles. The number of phenols is 1. The lowest BCUT2D eigenvalue weighted by atomic mass is 10.0. The molecule has 0 saturated heterocycles. The van der Waals surface area contributed by atoms with Crippen molar-refractivity contribution >= 4 is 5.78 Å². The molecule has 3 heteroatoms. The lowest BCUT2D eigenvalue weighted by Gasteiger charge is -2.04. The van der Waals surface area contributed by atoms with E-state index in [9.17, 15) is 9.90 Å². The number of carbonyl (C=O) groups excluding carboxylic acids is 1. The Morgan fingerprint density at radius 1 is 1.54 bits per heavy atom. The number of benzene rings is 1. The van der Waals surface area contributed by atoms with Crippen LogP contribution in [0.3, 0.4) is 0 Å². The van der Waals surface area contributed by atoms with Gasteiger partial charge in [-0.1, -0.05) is 0 Å². The highest BCUT2D eigenvalue weighted by Crippen LogP contribution is 2.24. The Morgan fingerprint density at radius 3 is 2.62 bits per heavy atom. The molecule has 3 nitrogen and oxygen atoms in total. The van der Waals surface area contributed by atoms with Gasteiger partial charge in [-0.3, -0.25) is 4.79 Å². The van der Waals surface area contributed by atoms with Crippen molar-refractivity contribution in [3.8, 4) is 11.8 Å². The smallest absolute Gasteiger partial charge is 0.163 e. The maximum absolute atomic E-state index is 11.0. The number of aromatic hydroxyl groups is 1. The van der Waals surface area contributed by atoms with Gasteiger partial charge in [0.25, 0.3) is 0 Å². The van der Waals surface area contributed by atoms with Gasteiger partial charge < -0.3 is 5.11 Å². The molecule has 0 bridgehead atoms. The van der Waals surface area contributed by atoms with Gasteiger partial charge in [0.1, 0.15) is 5.75 Å². The van der Waals surface area contributed by atoms with E-state index in [1.807, 2.05) is 6.07 Å². The van der Waals surface area contributed by atoms with Crippen molar-refractivity contribution in [2.24, 2.45) is 0 Å². The Labute approximate surface area is 76.2 Å². The summed E-state index contributed by atoms with van der Waals surface area (Å²) in [4.78, 5) is 11.0. The molecule has 1 N–H and O–H groups in total. The molecule has 0 spiro atoms. The number of hydrogen-bond acceptors (Lipinski definition) is 3. The minimum Gasteiger partial charge on any atom is -0.507 e. The minimum atomic E-state index is -0.204. The SMILES string of the molecule is CC(=O)c1ccc(C#N)c(C)c1O. The Kier molecular flexibility index (Phi) is 2.34. The molecule has 0 unspecified atom stereocenters. The first-order valence-electron chi connectivity index (χ1n) is 3.81. The second kappa shape index (κ2) is 3.28. The second-order valence-electron chi connectivity index (χ2n) is 2.80. The summed E-state index contributed by atoms with van der Waals surface area (Å²) in [5.41, 5.74) is 1.11. The zero-order valence-corrected chi connectivity index (χ0v) is 7.46. The van der Waals surface area contributed by atoms with Gasteiger partial charge in [-0.15, -0.1) is 0 Å². The minimum absolute atomic E-state index is 0.0912. The van der Waals surface area contributed by atoms with E-state index >= 15 is 0 Å². The summed E-state index contributed by atoms with van der Waals surface area (Å²) in [5.74, 6) is -0.295. The van der Waals surface area contributed by atoms with E-state index in [1.54, 1.807) is 6.92 Å². The fraction of sp³-hybridized carbons (Fsp3) is 0.200. The first kappa shape index (κ1) is 9.27. The van der Waals surface area contributed by atoms with Crippen LogP contribution in [0.2, 0.25) is 0 Å². The van der Waals surface area contributed by atoms with Gasteiger partial charge in [-0.25, -0.2) is 0 Å². The number of nitrogens with zero attached hydrogens (tertiary/aromatic N) is 1. The van der Waals surface area contributed by atoms with Crippen molar-refractivity contribution in [1.29, 1.82) is 5.26 Å². The quantitative estimate of drug-likeness (QED) is 0.661. The zero-order chi connectivity index (χ0) is 10.0. The van der Waals surface area contributed by atoms with Crippen molar-refractivity contribution in [2.75, 3.05) is 0 Å². The van der Waals surface area contributed by atoms with Gasteiger partial charge in [-0.05, 0) is 26.0 Å². The number of phenolic OH excluding ortho intramolecular Hbond substituents is 1. The number of carbonyl (C=O) groups is 1. The van der Waals surface area contributed by atoms with Crippen molar-refractivity contribution < 1.29 is 9.90 Å². The van der Waals surface area contributed by atoms with Crippen LogP contribution in [-0.4, -0.2) is 10.9 Å². The van der Waals surface area contributed by atoms with Gasteiger partial charge in [0.2, 0.25) is 0 Å². The molecular weight excluding hydrogens is 166 g/mol. The number of Topliss-reactive ketones (excluding diaryl/α,β-unsaturated/α-hetero) is 1. The first-order chi connectivity index (χ1) is 6.07. The van der Waals surface area contributed by atoms with Crippen molar-refractivity contribution in [1.82, 2.24) is 0 Å². The molecule has 13 heavy (non-hydrogen) atoms. The van der Waals surface area contributed by atoms with Crippen LogP contribution in [-0.2, 0) is 0 Å². The standard InChI is InChI=1S/C10H9NO2/c1-6-8(5-11)3-4-9(7(2)12)10(6)13/h3-4,13H,1-2H3. The zero-order valence-electron chi connectivity index (χ0n) is 7.46. The van der Waals surface area contributed by atoms with Crippen molar-refractivity contribution in [3.05, 3.63) is 28.8 Å². The molecule has 0 aliphatic carbocycles. The summed E-state index contributed by atoms with van der Waals surface area (Å²) in [5, 5.41) is 18.1. The van der Waals surface area contributed by atoms with E-state index in [0.717, 1.165) is 0 Å². The summed E-state index contributed by atoms with van der Waals surface area (Å²) in [6.45, 7) is 2.99. The van der Waals surface area contributed by atoms with E-state index in [4.69, 9.17) is 5.26 Å². The van der Waals surface area contributed by atoms with Crippen LogP contribution < -0.4 is 0 Å². The Morgan fingerprint density at radius 2 is 2.15 bits per heavy atom. The van der Waals surface area contributed by atoms with Gasteiger partial charge in [0.15, 0.2) is 5.78 Å². The third-order valence-electron chi connectivity index (χ3n) is 1.93. The fourth-order valence-corrected chi connectivity index (χ4v) is 1.11. The van der Waals surface area contributed by atoms with Gasteiger partial charge in [-0.2, -0.15) is 5.26 Å². The van der Waals surface area contributed by atoms with Crippen LogP contribution in [0.25, 0.3) is 0 Å². The summed E-state index contributed by atoms with van der Waals surface area (Å²) >= 11 is 0. The topological polar surface area (TPSA) is 61.1 Å². The monoisotopic (exact) mass is 175 g/mol. The van der Waals surface area contributed by atoms with E-state index < -0.39 is 0 Å². The van der Waals surface area contributed by atoms with Crippen LogP contribution in [0.4, 0.5) is 0 Å². The summed E-state index contributed by atoms with van der Waals surface area (Å²) < 4.78 is 0. The highest BCUT2D eigenvalue weighted by Gasteiger charge is 2.11. The molecule has 0 heterocycles. The maximum atomic E-state index is 11.0. The average Bonchev–Trinajstić information content (AvgIpc) is 2.09. The predicted octanol–water partition coefficient (Wildman–Crippen LogP) is 1.77. The fourth-order valence-electron chi connectivity index (χ4n) is 1.11. The summed E-state index contributed by atoms with van der Waals surface area (Å²) in [7, 11) is 0. The largest absolute Gasteiger partial charge is 0.507 e. The van der Waals surface area contributed by atoms with Crippen LogP contribution in [0, 0.1) is 18.3 Å². The number of nitriles is 1. The van der Waals surface area contributed by atoms with Crippen LogP contribution in [0.5, 0.6) is 5.75 Å². The number of ketones is 1. The van der Waals surface area contributed by atoms with Gasteiger partial charge in [0, 0.05) is 5.56 Å². The lowest BCUT2D eigenvalue weighted by Crippen LogP contribution is -1.95. The van der Waals surface area contributed by atoms with E-state index in [0.29, 0.717) is 11.1 Å². The predicted molar refractivity (Wildman–Crippen MR) is 47.6 cm³/mol. The number of rotatable bonds is 1. The molecule has 0 fully saturated rings. The molecule has 0 aliphatic heterocycles. The van der Waals surface area contributed by atoms with Crippen LogP contribution >= 0.6 is 0 Å². The summed E-state index contributed by atoms with van der Waals surface area (Å²) in [6.07, 6.45) is 0. The normalized spacial score (nSPS) is 9.31. The molecule has 0 atom stereocenters. The second-order valence-corrected chi connectivity index (χ2v) is 2.80. The third-order valence-corrected chi connectivity index (χ3v) is 1.93. The number of hydrogen-bond donors (Lipinski definition) is 1. The molecule has 0 aliphatic rings. The Bertz CT molecular complexity index is 402. The third kappa shape index (κ3) is 1.52. The van der Waals surface area contributed by atoms with Crippen molar-refractivity contribution in [3.63, 3.8) is 0 Å². The maximum Gasteiger partial charge on any atom is 0.163 e. The molecule has 1 rings (SSSR count). The Hall–Kier alpha value is -1.82. The van der Waals surface area contributed by atoms with Crippen molar-refractivity contribution in [2.45, 2.75) is 13.8 Å². The van der Waals surface area contributed by atoms with Gasteiger partial charge in [0.05, 0.1) is 17.2 Å². The lowest BCUT2D eigenvalue weighted by molar-refractivity contribution is 0.101. The van der Waals surface area contributed by atoms with Crippen LogP contribution in [0.1, 0.15) is 28.4 Å². The van der Waals surface area contributed by atoms with E-state index in [-0.39, 0.29) is 17.1 Å². The molecule has 0 amide bonds. The molecule has 0 aromatic heterocycles. The molecule has 1 aromatic carbocycles. The highest BCUT2D eigenvalue weighted by molar-refractivity contribution is 5.97. The summed E-state index contributed by atoms with van der Waals surface area (Å²) in [6, 6.07) is 4.93. The molecule has 1 aromatic rings. The first-order valence-corrected chi connectivity index (χ1v) is 3.81. The van der Waals surface area contributed by atoms with E-state index in [1.165, 1.54) is 19.1 Å². The molecule has 66 valence electrons. The highest BCUT2D eigenvalue weighted by atomic mass is 16.3. The molecular formula is C10H9NO2.